The molecule has 0 bridgehead atoms. The van der Waals surface area contributed by atoms with Crippen LogP contribution in [-0.4, -0.2) is 17.8 Å². The van der Waals surface area contributed by atoms with E-state index in [1.54, 1.807) is 0 Å². The highest BCUT2D eigenvalue weighted by molar-refractivity contribution is 6.73. The summed E-state index contributed by atoms with van der Waals surface area (Å²) in [6.07, 6.45) is 5.07. The molecule has 3 aliphatic rings. The van der Waals surface area contributed by atoms with Crippen molar-refractivity contribution in [3.05, 3.63) is 83.9 Å². The van der Waals surface area contributed by atoms with Crippen LogP contribution in [0.1, 0.15) is 50.7 Å². The zero-order chi connectivity index (χ0) is 26.1. The number of nitrogens with one attached hydrogen (secondary N) is 1. The van der Waals surface area contributed by atoms with Gasteiger partial charge in [-0.2, -0.15) is 0 Å². The summed E-state index contributed by atoms with van der Waals surface area (Å²) in [6.45, 7) is 7.30. The first-order chi connectivity index (χ1) is 19.0. The zero-order valence-electron chi connectivity index (χ0n) is 22.7. The Hall–Kier alpha value is -3.92. The summed E-state index contributed by atoms with van der Waals surface area (Å²) < 4.78 is 6.26. The first-order valence-corrected chi connectivity index (χ1v) is 14.3. The highest BCUT2D eigenvalue weighted by Crippen LogP contribution is 2.60. The van der Waals surface area contributed by atoms with Crippen LogP contribution in [0.4, 0.5) is 11.4 Å². The Balaban J connectivity index is 1.33. The molecule has 39 heavy (non-hydrogen) atoms. The number of aromatic amines is 1. The maximum atomic E-state index is 6.26. The van der Waals surface area contributed by atoms with Gasteiger partial charge in [-0.05, 0) is 55.5 Å². The molecule has 1 fully saturated rings. The SMILES string of the molecule is Cc1cc(-c2cccc3c2[nH]c2oc4ccccc4c23)c2c(c1)N1c3c(cccc3C3(C)CCCCC13C)[B]2. The predicted octanol–water partition coefficient (Wildman–Crippen LogP) is 7.75. The largest absolute Gasteiger partial charge is 0.440 e. The van der Waals surface area contributed by atoms with Gasteiger partial charge >= 0.3 is 0 Å². The highest BCUT2D eigenvalue weighted by Gasteiger charge is 2.59. The molecule has 1 radical (unpaired) electrons. The molecular formula is C35H30BN2O. The first-order valence-electron chi connectivity index (χ1n) is 14.3. The van der Waals surface area contributed by atoms with Crippen LogP contribution in [-0.2, 0) is 5.41 Å². The smallest absolute Gasteiger partial charge is 0.206 e. The molecule has 4 aromatic carbocycles. The lowest BCUT2D eigenvalue weighted by molar-refractivity contribution is 0.195. The molecule has 4 heterocycles. The molecule has 6 aromatic rings. The van der Waals surface area contributed by atoms with E-state index >= 15 is 0 Å². The number of hydrogen-bond donors (Lipinski definition) is 1. The summed E-state index contributed by atoms with van der Waals surface area (Å²) >= 11 is 0. The Bertz CT molecular complexity index is 2010. The summed E-state index contributed by atoms with van der Waals surface area (Å²) in [6, 6.07) is 26.8. The normalized spacial score (nSPS) is 23.2. The van der Waals surface area contributed by atoms with E-state index in [9.17, 15) is 0 Å². The molecule has 1 aliphatic carbocycles. The number of fused-ring (bicyclic) bond motifs is 10. The molecule has 4 heteroatoms. The molecule has 3 nitrogen and oxygen atoms in total. The van der Waals surface area contributed by atoms with E-state index in [4.69, 9.17) is 4.42 Å². The van der Waals surface area contributed by atoms with Crippen molar-refractivity contribution >= 4 is 62.6 Å². The average molecular weight is 505 g/mol. The van der Waals surface area contributed by atoms with Crippen molar-refractivity contribution in [1.29, 1.82) is 0 Å². The van der Waals surface area contributed by atoms with E-state index in [2.05, 4.69) is 98.6 Å². The highest BCUT2D eigenvalue weighted by atomic mass is 16.3. The summed E-state index contributed by atoms with van der Waals surface area (Å²) in [4.78, 5) is 6.43. The van der Waals surface area contributed by atoms with Crippen LogP contribution in [0, 0.1) is 6.92 Å². The number of aryl methyl sites for hydroxylation is 1. The molecule has 189 valence electrons. The van der Waals surface area contributed by atoms with Gasteiger partial charge in [-0.25, -0.2) is 0 Å². The lowest BCUT2D eigenvalue weighted by atomic mass is 9.58. The van der Waals surface area contributed by atoms with E-state index < -0.39 is 0 Å². The van der Waals surface area contributed by atoms with E-state index in [1.165, 1.54) is 81.0 Å². The number of furan rings is 1. The third-order valence-electron chi connectivity index (χ3n) is 10.5. The molecule has 9 rings (SSSR count). The Labute approximate surface area is 229 Å². The van der Waals surface area contributed by atoms with Gasteiger partial charge in [-0.15, -0.1) is 0 Å². The summed E-state index contributed by atoms with van der Waals surface area (Å²) in [5.74, 6) is 0. The first kappa shape index (κ1) is 22.0. The standard InChI is InChI=1S/C35H30BN2O/c1-20-18-24(21-11-8-12-23-29-22-10-4-5-15-28(22)39-33(29)37-31(21)23)30-27(19-20)38-32-25(13-9-14-26(32)36-30)34(2)16-6-7-17-35(34,38)3/h4-5,8-15,18-19,37H,6-7,16-17H2,1-3H3. The quantitative estimate of drug-likeness (QED) is 0.232. The van der Waals surface area contributed by atoms with Crippen molar-refractivity contribution in [3.63, 3.8) is 0 Å². The Morgan fingerprint density at radius 3 is 2.62 bits per heavy atom. The molecule has 1 saturated carbocycles. The minimum atomic E-state index is 0.0644. The topological polar surface area (TPSA) is 32.2 Å². The van der Waals surface area contributed by atoms with Crippen LogP contribution < -0.4 is 15.8 Å². The van der Waals surface area contributed by atoms with Gasteiger partial charge in [0.2, 0.25) is 5.71 Å². The maximum Gasteiger partial charge on any atom is 0.206 e. The summed E-state index contributed by atoms with van der Waals surface area (Å²) in [5, 5.41) is 3.55. The Morgan fingerprint density at radius 1 is 0.872 bits per heavy atom. The fourth-order valence-corrected chi connectivity index (χ4v) is 8.41. The second-order valence-electron chi connectivity index (χ2n) is 12.4. The van der Waals surface area contributed by atoms with Crippen molar-refractivity contribution in [1.82, 2.24) is 4.98 Å². The molecule has 0 spiro atoms. The molecule has 0 saturated heterocycles. The van der Waals surface area contributed by atoms with Crippen LogP contribution >= 0.6 is 0 Å². The molecule has 2 aromatic heterocycles. The van der Waals surface area contributed by atoms with Crippen LogP contribution in [0.5, 0.6) is 0 Å². The Kier molecular flexibility index (Phi) is 4.04. The van der Waals surface area contributed by atoms with Crippen molar-refractivity contribution < 1.29 is 4.42 Å². The van der Waals surface area contributed by atoms with Gasteiger partial charge in [0, 0.05) is 33.1 Å². The van der Waals surface area contributed by atoms with E-state index in [0.717, 1.165) is 22.2 Å². The van der Waals surface area contributed by atoms with Crippen LogP contribution in [0.3, 0.4) is 0 Å². The second-order valence-corrected chi connectivity index (χ2v) is 12.4. The number of rotatable bonds is 1. The molecule has 2 unspecified atom stereocenters. The van der Waals surface area contributed by atoms with Gasteiger partial charge in [-0.1, -0.05) is 91.4 Å². The molecule has 0 amide bonds. The summed E-state index contributed by atoms with van der Waals surface area (Å²) in [5.41, 5.74) is 14.0. The van der Waals surface area contributed by atoms with Crippen LogP contribution in [0.25, 0.3) is 44.1 Å². The van der Waals surface area contributed by atoms with Gasteiger partial charge in [0.1, 0.15) is 5.58 Å². The van der Waals surface area contributed by atoms with Gasteiger partial charge in [0.05, 0.1) is 16.4 Å². The lowest BCUT2D eigenvalue weighted by Crippen LogP contribution is -2.57. The fourth-order valence-electron chi connectivity index (χ4n) is 8.41. The number of anilines is 2. The molecule has 2 aliphatic heterocycles. The number of nitrogens with zero attached hydrogens (tertiary/aromatic N) is 1. The van der Waals surface area contributed by atoms with E-state index in [-0.39, 0.29) is 11.0 Å². The number of H-pyrrole nitrogens is 1. The third-order valence-corrected chi connectivity index (χ3v) is 10.5. The lowest BCUT2D eigenvalue weighted by Gasteiger charge is -2.51. The average Bonchev–Trinajstić information content (AvgIpc) is 3.55. The fraction of sp³-hybridized carbons (Fsp3) is 0.257. The number of benzene rings is 4. The predicted molar refractivity (Wildman–Crippen MR) is 164 cm³/mol. The van der Waals surface area contributed by atoms with Crippen LogP contribution in [0.15, 0.2) is 77.2 Å². The third kappa shape index (κ3) is 2.56. The minimum absolute atomic E-state index is 0.0644. The maximum absolute atomic E-state index is 6.26. The van der Waals surface area contributed by atoms with Gasteiger partial charge in [0.15, 0.2) is 7.28 Å². The number of hydrogen-bond acceptors (Lipinski definition) is 2. The van der Waals surface area contributed by atoms with E-state index in [0.29, 0.717) is 0 Å². The summed E-state index contributed by atoms with van der Waals surface area (Å²) in [7, 11) is 2.45. The van der Waals surface area contributed by atoms with Crippen molar-refractivity contribution in [2.24, 2.45) is 0 Å². The van der Waals surface area contributed by atoms with Crippen LogP contribution in [0.2, 0.25) is 0 Å². The number of para-hydroxylation sites is 3. The minimum Gasteiger partial charge on any atom is -0.440 e. The monoisotopic (exact) mass is 505 g/mol. The van der Waals surface area contributed by atoms with Crippen molar-refractivity contribution in [2.75, 3.05) is 4.90 Å². The van der Waals surface area contributed by atoms with Gasteiger partial charge in [0.25, 0.3) is 0 Å². The molecule has 2 atom stereocenters. The van der Waals surface area contributed by atoms with E-state index in [1.807, 2.05) is 12.1 Å². The number of aromatic nitrogens is 1. The van der Waals surface area contributed by atoms with Gasteiger partial charge in [-0.3, -0.25) is 0 Å². The molecule has 1 N–H and O–H groups in total. The second kappa shape index (κ2) is 7.18. The Morgan fingerprint density at radius 2 is 1.69 bits per heavy atom. The van der Waals surface area contributed by atoms with Crippen molar-refractivity contribution in [3.8, 4) is 11.1 Å². The molecular weight excluding hydrogens is 475 g/mol. The van der Waals surface area contributed by atoms with Gasteiger partial charge < -0.3 is 14.3 Å². The zero-order valence-corrected chi connectivity index (χ0v) is 22.7. The van der Waals surface area contributed by atoms with Crippen molar-refractivity contribution in [2.45, 2.75) is 57.4 Å².